The van der Waals surface area contributed by atoms with E-state index in [1.165, 1.54) is 25.7 Å². The van der Waals surface area contributed by atoms with Gasteiger partial charge in [-0.15, -0.1) is 0 Å². The summed E-state index contributed by atoms with van der Waals surface area (Å²) in [5, 5.41) is 0.276. The zero-order valence-corrected chi connectivity index (χ0v) is 13.8. The highest BCUT2D eigenvalue weighted by molar-refractivity contribution is 9.10. The van der Waals surface area contributed by atoms with Crippen LogP contribution in [0.2, 0.25) is 5.15 Å². The second-order valence-electron chi connectivity index (χ2n) is 6.11. The Morgan fingerprint density at radius 2 is 2.30 bits per heavy atom. The van der Waals surface area contributed by atoms with Crippen LogP contribution in [0.15, 0.2) is 16.7 Å². The summed E-state index contributed by atoms with van der Waals surface area (Å²) in [6, 6.07) is 1.75. The Labute approximate surface area is 132 Å². The summed E-state index contributed by atoms with van der Waals surface area (Å²) >= 11 is 9.37. The maximum Gasteiger partial charge on any atom is 0.256 e. The van der Waals surface area contributed by atoms with Gasteiger partial charge in [0.15, 0.2) is 0 Å². The fourth-order valence-corrected chi connectivity index (χ4v) is 4.33. The quantitative estimate of drug-likeness (QED) is 0.766. The molecule has 1 aromatic heterocycles. The van der Waals surface area contributed by atoms with E-state index in [2.05, 4.69) is 20.9 Å². The lowest BCUT2D eigenvalue weighted by molar-refractivity contribution is 0.0754. The van der Waals surface area contributed by atoms with Gasteiger partial charge in [0.2, 0.25) is 0 Å². The van der Waals surface area contributed by atoms with E-state index in [4.69, 9.17) is 11.6 Å². The second-order valence-corrected chi connectivity index (χ2v) is 7.39. The highest BCUT2D eigenvalue weighted by Crippen LogP contribution is 2.48. The topological polar surface area (TPSA) is 33.2 Å². The van der Waals surface area contributed by atoms with Gasteiger partial charge in [0, 0.05) is 24.3 Å². The average molecular weight is 358 g/mol. The molecule has 108 valence electrons. The van der Waals surface area contributed by atoms with Crippen molar-refractivity contribution in [2.75, 3.05) is 13.6 Å². The van der Waals surface area contributed by atoms with Gasteiger partial charge in [0.1, 0.15) is 5.15 Å². The number of hydrogen-bond donors (Lipinski definition) is 0. The molecule has 2 bridgehead atoms. The molecule has 0 radical (unpaired) electrons. The van der Waals surface area contributed by atoms with Crippen molar-refractivity contribution < 1.29 is 4.79 Å². The smallest absolute Gasteiger partial charge is 0.256 e. The molecule has 1 amide bonds. The molecule has 0 N–H and O–H groups in total. The third kappa shape index (κ3) is 2.73. The molecule has 0 spiro atoms. The van der Waals surface area contributed by atoms with Crippen LogP contribution in [0, 0.1) is 17.8 Å². The number of aromatic nitrogens is 1. The van der Waals surface area contributed by atoms with Crippen molar-refractivity contribution in [2.45, 2.75) is 25.7 Å². The Morgan fingerprint density at radius 3 is 2.95 bits per heavy atom. The first-order chi connectivity index (χ1) is 9.54. The summed E-state index contributed by atoms with van der Waals surface area (Å²) in [6.07, 6.45) is 6.99. The van der Waals surface area contributed by atoms with Crippen LogP contribution >= 0.6 is 27.5 Å². The largest absolute Gasteiger partial charge is 0.341 e. The van der Waals surface area contributed by atoms with Gasteiger partial charge in [-0.3, -0.25) is 4.79 Å². The number of amides is 1. The lowest BCUT2D eigenvalue weighted by atomic mass is 9.88. The molecular weight excluding hydrogens is 340 g/mol. The number of rotatable bonds is 3. The predicted molar refractivity (Wildman–Crippen MR) is 82.8 cm³/mol. The molecule has 0 aliphatic heterocycles. The van der Waals surface area contributed by atoms with Crippen molar-refractivity contribution in [1.82, 2.24) is 9.88 Å². The fraction of sp³-hybridized carbons (Fsp3) is 0.600. The Hall–Kier alpha value is -0.610. The molecule has 1 heterocycles. The van der Waals surface area contributed by atoms with Gasteiger partial charge in [-0.25, -0.2) is 4.98 Å². The van der Waals surface area contributed by atoms with Crippen molar-refractivity contribution in [3.63, 3.8) is 0 Å². The number of carbonyl (C=O) groups excluding carboxylic acids is 1. The van der Waals surface area contributed by atoms with Crippen molar-refractivity contribution in [1.29, 1.82) is 0 Å². The van der Waals surface area contributed by atoms with Crippen LogP contribution in [0.4, 0.5) is 0 Å². The molecule has 3 rings (SSSR count). The van der Waals surface area contributed by atoms with Crippen molar-refractivity contribution >= 4 is 33.4 Å². The van der Waals surface area contributed by atoms with Crippen LogP contribution in [0.5, 0.6) is 0 Å². The number of pyridine rings is 1. The number of halogens is 2. The Balaban J connectivity index is 1.69. The first-order valence-electron chi connectivity index (χ1n) is 7.11. The third-order valence-electron chi connectivity index (χ3n) is 4.78. The normalized spacial score (nSPS) is 27.9. The van der Waals surface area contributed by atoms with Crippen LogP contribution in [-0.4, -0.2) is 29.4 Å². The monoisotopic (exact) mass is 356 g/mol. The van der Waals surface area contributed by atoms with Crippen LogP contribution < -0.4 is 0 Å². The predicted octanol–water partition coefficient (Wildman–Crippen LogP) is 4.01. The van der Waals surface area contributed by atoms with E-state index in [-0.39, 0.29) is 11.1 Å². The van der Waals surface area contributed by atoms with E-state index < -0.39 is 0 Å². The molecule has 3 atom stereocenters. The van der Waals surface area contributed by atoms with E-state index >= 15 is 0 Å². The van der Waals surface area contributed by atoms with Gasteiger partial charge < -0.3 is 4.90 Å². The molecule has 0 aromatic carbocycles. The minimum absolute atomic E-state index is 0.0356. The molecule has 20 heavy (non-hydrogen) atoms. The van der Waals surface area contributed by atoms with E-state index in [1.807, 2.05) is 7.05 Å². The first-order valence-corrected chi connectivity index (χ1v) is 8.28. The molecule has 0 saturated heterocycles. The van der Waals surface area contributed by atoms with Crippen LogP contribution in [-0.2, 0) is 0 Å². The Morgan fingerprint density at radius 1 is 1.50 bits per heavy atom. The highest BCUT2D eigenvalue weighted by Gasteiger charge is 2.40. The summed E-state index contributed by atoms with van der Waals surface area (Å²) in [6.45, 7) is 0.836. The van der Waals surface area contributed by atoms with Crippen molar-refractivity contribution in [3.8, 4) is 0 Å². The molecule has 2 fully saturated rings. The van der Waals surface area contributed by atoms with E-state index in [0.29, 0.717) is 11.5 Å². The maximum absolute atomic E-state index is 12.5. The van der Waals surface area contributed by atoms with Crippen LogP contribution in [0.3, 0.4) is 0 Å². The van der Waals surface area contributed by atoms with Gasteiger partial charge in [-0.2, -0.15) is 0 Å². The maximum atomic E-state index is 12.5. The summed E-state index contributed by atoms with van der Waals surface area (Å²) in [5.74, 6) is 2.36. The Bertz CT molecular complexity index is 537. The molecule has 1 aromatic rings. The van der Waals surface area contributed by atoms with E-state index in [0.717, 1.165) is 22.9 Å². The summed E-state index contributed by atoms with van der Waals surface area (Å²) in [4.78, 5) is 18.3. The summed E-state index contributed by atoms with van der Waals surface area (Å²) in [5.41, 5.74) is 0.478. The second kappa shape index (κ2) is 5.64. The number of fused-ring (bicyclic) bond motifs is 2. The van der Waals surface area contributed by atoms with Crippen molar-refractivity contribution in [2.24, 2.45) is 17.8 Å². The van der Waals surface area contributed by atoms with E-state index in [9.17, 15) is 4.79 Å². The average Bonchev–Trinajstić information content (AvgIpc) is 3.03. The van der Waals surface area contributed by atoms with Gasteiger partial charge in [0.05, 0.1) is 5.56 Å². The van der Waals surface area contributed by atoms with E-state index in [1.54, 1.807) is 17.2 Å². The first kappa shape index (κ1) is 14.3. The summed E-state index contributed by atoms with van der Waals surface area (Å²) in [7, 11) is 1.87. The minimum atomic E-state index is -0.0356. The van der Waals surface area contributed by atoms with Gasteiger partial charge in [0.25, 0.3) is 5.91 Å². The van der Waals surface area contributed by atoms with Gasteiger partial charge in [-0.1, -0.05) is 18.0 Å². The molecule has 3 nitrogen and oxygen atoms in total. The molecule has 2 aliphatic carbocycles. The summed E-state index contributed by atoms with van der Waals surface area (Å²) < 4.78 is 0.776. The Kier molecular flexibility index (Phi) is 4.04. The third-order valence-corrected chi connectivity index (χ3v) is 5.51. The number of carbonyl (C=O) groups is 1. The minimum Gasteiger partial charge on any atom is -0.341 e. The molecule has 2 aliphatic rings. The molecule has 5 heteroatoms. The fourth-order valence-electron chi connectivity index (χ4n) is 3.81. The number of hydrogen-bond acceptors (Lipinski definition) is 2. The lowest BCUT2D eigenvalue weighted by Crippen LogP contribution is -2.34. The van der Waals surface area contributed by atoms with Crippen LogP contribution in [0.25, 0.3) is 0 Å². The van der Waals surface area contributed by atoms with Crippen LogP contribution in [0.1, 0.15) is 36.0 Å². The highest BCUT2D eigenvalue weighted by atomic mass is 79.9. The standard InChI is InChI=1S/C15H18BrClN2O/c1-19(8-11-5-9-2-3-10(11)4-9)15(20)13-6-12(16)7-18-14(13)17/h6-7,9-11H,2-5,8H2,1H3. The molecule has 2 saturated carbocycles. The zero-order chi connectivity index (χ0) is 14.3. The lowest BCUT2D eigenvalue weighted by Gasteiger charge is -2.27. The van der Waals surface area contributed by atoms with Gasteiger partial charge >= 0.3 is 0 Å². The number of nitrogens with zero attached hydrogens (tertiary/aromatic N) is 2. The zero-order valence-electron chi connectivity index (χ0n) is 11.5. The molecular formula is C15H18BrClN2O. The van der Waals surface area contributed by atoms with Gasteiger partial charge in [-0.05, 0) is 59.0 Å². The molecule has 3 unspecified atom stereocenters. The SMILES string of the molecule is CN(CC1CC2CCC1C2)C(=O)c1cc(Br)cnc1Cl. The van der Waals surface area contributed by atoms with Crippen molar-refractivity contribution in [3.05, 3.63) is 27.5 Å².